The van der Waals surface area contributed by atoms with Crippen molar-refractivity contribution in [1.82, 2.24) is 30.0 Å². The average Bonchev–Trinajstić information content (AvgIpc) is 3.43. The summed E-state index contributed by atoms with van der Waals surface area (Å²) in [5.74, 6) is 2.34. The predicted octanol–water partition coefficient (Wildman–Crippen LogP) is 2.28. The summed E-state index contributed by atoms with van der Waals surface area (Å²) in [6.45, 7) is 6.48. The number of aryl methyl sites for hydroxylation is 1. The van der Waals surface area contributed by atoms with Crippen molar-refractivity contribution in [3.8, 4) is 0 Å². The topological polar surface area (TPSA) is 75.9 Å². The molecule has 2 atom stereocenters. The van der Waals surface area contributed by atoms with Gasteiger partial charge in [0.15, 0.2) is 0 Å². The molecule has 1 saturated heterocycles. The molecular formula is C21H24N6OS. The quantitative estimate of drug-likeness (QED) is 0.701. The van der Waals surface area contributed by atoms with E-state index in [9.17, 15) is 4.79 Å². The zero-order chi connectivity index (χ0) is 19.8. The summed E-state index contributed by atoms with van der Waals surface area (Å²) in [5.41, 5.74) is 4.14. The van der Waals surface area contributed by atoms with E-state index >= 15 is 0 Å². The number of nitrogens with one attached hydrogen (secondary N) is 1. The van der Waals surface area contributed by atoms with Crippen molar-refractivity contribution in [3.05, 3.63) is 63.6 Å². The molecule has 29 heavy (non-hydrogen) atoms. The molecule has 1 aromatic carbocycles. The number of aromatic nitrogens is 4. The summed E-state index contributed by atoms with van der Waals surface area (Å²) < 4.78 is 2.03. The first kappa shape index (κ1) is 18.4. The summed E-state index contributed by atoms with van der Waals surface area (Å²) >= 11 is 1.74. The Balaban J connectivity index is 1.24. The number of thiazole rings is 1. The molecule has 3 aromatic rings. The van der Waals surface area contributed by atoms with Crippen molar-refractivity contribution in [2.45, 2.75) is 33.0 Å². The number of nitrogens with zero attached hydrogens (tertiary/aromatic N) is 5. The van der Waals surface area contributed by atoms with Crippen LogP contribution in [0.1, 0.15) is 32.6 Å². The minimum Gasteiger partial charge on any atom is -0.345 e. The molecule has 5 rings (SSSR count). The summed E-state index contributed by atoms with van der Waals surface area (Å²) in [7, 11) is 0. The zero-order valence-electron chi connectivity index (χ0n) is 16.4. The van der Waals surface area contributed by atoms with Crippen molar-refractivity contribution >= 4 is 17.2 Å². The molecule has 0 unspecified atom stereocenters. The second-order valence-corrected chi connectivity index (χ2v) is 8.94. The highest BCUT2D eigenvalue weighted by Crippen LogP contribution is 2.33. The highest BCUT2D eigenvalue weighted by atomic mass is 32.1. The standard InChI is InChI=1S/C21H24N6OS/c1-14-18(29-13-23-14)12-26-9-16-7-19-24-25-20(27(19)11-17(16)10-26)21(28)22-8-15-5-3-2-4-6-15/h2-6,13,16-17H,7-12H2,1H3,(H,22,28)/t16-,17+/m1/s1. The third-order valence-corrected chi connectivity index (χ3v) is 6.97. The third kappa shape index (κ3) is 3.70. The largest absolute Gasteiger partial charge is 0.345 e. The molecule has 7 nitrogen and oxygen atoms in total. The van der Waals surface area contributed by atoms with Crippen LogP contribution < -0.4 is 5.32 Å². The summed E-state index contributed by atoms with van der Waals surface area (Å²) in [4.78, 5) is 20.9. The smallest absolute Gasteiger partial charge is 0.289 e. The lowest BCUT2D eigenvalue weighted by atomic mass is 9.89. The molecule has 1 N–H and O–H groups in total. The molecule has 0 aliphatic carbocycles. The van der Waals surface area contributed by atoms with Crippen LogP contribution in [0.25, 0.3) is 0 Å². The molecule has 150 valence electrons. The minimum atomic E-state index is -0.152. The van der Waals surface area contributed by atoms with E-state index in [2.05, 4.69) is 32.3 Å². The number of hydrogen-bond donors (Lipinski definition) is 1. The van der Waals surface area contributed by atoms with Crippen molar-refractivity contribution in [3.63, 3.8) is 0 Å². The van der Waals surface area contributed by atoms with Gasteiger partial charge in [0.2, 0.25) is 5.82 Å². The van der Waals surface area contributed by atoms with Gasteiger partial charge >= 0.3 is 0 Å². The van der Waals surface area contributed by atoms with Gasteiger partial charge in [0.05, 0.1) is 11.2 Å². The molecule has 2 aliphatic heterocycles. The number of fused-ring (bicyclic) bond motifs is 2. The number of amides is 1. The first-order valence-corrected chi connectivity index (χ1v) is 10.9. The second-order valence-electron chi connectivity index (χ2n) is 8.00. The highest BCUT2D eigenvalue weighted by Gasteiger charge is 2.39. The van der Waals surface area contributed by atoms with Crippen LogP contribution in [0.5, 0.6) is 0 Å². The van der Waals surface area contributed by atoms with E-state index in [0.29, 0.717) is 24.2 Å². The Morgan fingerprint density at radius 1 is 1.17 bits per heavy atom. The average molecular weight is 409 g/mol. The van der Waals surface area contributed by atoms with Gasteiger partial charge in [-0.05, 0) is 24.3 Å². The van der Waals surface area contributed by atoms with Crippen molar-refractivity contribution in [2.24, 2.45) is 11.8 Å². The Morgan fingerprint density at radius 2 is 2.00 bits per heavy atom. The number of benzene rings is 1. The maximum atomic E-state index is 12.7. The molecule has 0 spiro atoms. The molecule has 0 radical (unpaired) electrons. The lowest BCUT2D eigenvalue weighted by Gasteiger charge is -2.25. The fourth-order valence-corrected chi connectivity index (χ4v) is 5.28. The van der Waals surface area contributed by atoms with Gasteiger partial charge in [0.25, 0.3) is 5.91 Å². The van der Waals surface area contributed by atoms with Gasteiger partial charge in [0.1, 0.15) is 5.82 Å². The number of carbonyl (C=O) groups is 1. The normalized spacial score (nSPS) is 21.0. The third-order valence-electron chi connectivity index (χ3n) is 6.05. The molecule has 2 aliphatic rings. The van der Waals surface area contributed by atoms with Crippen molar-refractivity contribution in [1.29, 1.82) is 0 Å². The number of rotatable bonds is 5. The lowest BCUT2D eigenvalue weighted by molar-refractivity contribution is 0.0932. The first-order valence-electron chi connectivity index (χ1n) is 10.0. The first-order chi connectivity index (χ1) is 14.2. The maximum Gasteiger partial charge on any atom is 0.289 e. The van der Waals surface area contributed by atoms with E-state index in [1.54, 1.807) is 11.3 Å². The monoisotopic (exact) mass is 408 g/mol. The number of likely N-dealkylation sites (tertiary alicyclic amines) is 1. The Bertz CT molecular complexity index is 1010. The van der Waals surface area contributed by atoms with E-state index < -0.39 is 0 Å². The zero-order valence-corrected chi connectivity index (χ0v) is 17.2. The van der Waals surface area contributed by atoms with Crippen LogP contribution in [0.2, 0.25) is 0 Å². The molecule has 2 aromatic heterocycles. The van der Waals surface area contributed by atoms with Crippen LogP contribution >= 0.6 is 11.3 Å². The van der Waals surface area contributed by atoms with Crippen LogP contribution in [-0.4, -0.2) is 43.6 Å². The van der Waals surface area contributed by atoms with Crippen LogP contribution in [0.4, 0.5) is 0 Å². The molecule has 8 heteroatoms. The van der Waals surface area contributed by atoms with Gasteiger partial charge in [-0.3, -0.25) is 9.69 Å². The highest BCUT2D eigenvalue weighted by molar-refractivity contribution is 7.09. The predicted molar refractivity (Wildman–Crippen MR) is 110 cm³/mol. The van der Waals surface area contributed by atoms with Gasteiger partial charge < -0.3 is 9.88 Å². The maximum absolute atomic E-state index is 12.7. The van der Waals surface area contributed by atoms with Gasteiger partial charge in [-0.1, -0.05) is 30.3 Å². The fourth-order valence-electron chi connectivity index (χ4n) is 4.46. The molecule has 1 fully saturated rings. The Labute approximate surface area is 173 Å². The van der Waals surface area contributed by atoms with E-state index in [-0.39, 0.29) is 5.91 Å². The van der Waals surface area contributed by atoms with Gasteiger partial charge in [0, 0.05) is 44.0 Å². The van der Waals surface area contributed by atoms with Crippen molar-refractivity contribution < 1.29 is 4.79 Å². The van der Waals surface area contributed by atoms with E-state index in [1.165, 1.54) is 4.88 Å². The molecule has 0 saturated carbocycles. The number of hydrogen-bond acceptors (Lipinski definition) is 6. The van der Waals surface area contributed by atoms with E-state index in [4.69, 9.17) is 0 Å². The number of carbonyl (C=O) groups excluding carboxylic acids is 1. The Hall–Kier alpha value is -2.58. The fraction of sp³-hybridized carbons (Fsp3) is 0.429. The van der Waals surface area contributed by atoms with Gasteiger partial charge in [-0.25, -0.2) is 4.98 Å². The van der Waals surface area contributed by atoms with E-state index in [1.807, 2.05) is 40.4 Å². The van der Waals surface area contributed by atoms with E-state index in [0.717, 1.165) is 49.7 Å². The molecule has 4 heterocycles. The Kier molecular flexibility index (Phi) is 4.89. The summed E-state index contributed by atoms with van der Waals surface area (Å²) in [6, 6.07) is 9.92. The van der Waals surface area contributed by atoms with Crippen LogP contribution in [0.3, 0.4) is 0 Å². The van der Waals surface area contributed by atoms with Crippen LogP contribution in [-0.2, 0) is 26.1 Å². The molecule has 0 bridgehead atoms. The SMILES string of the molecule is Cc1ncsc1CN1C[C@H]2Cc3nnc(C(=O)NCc4ccccc4)n3C[C@@H]2C1. The second kappa shape index (κ2) is 7.68. The van der Waals surface area contributed by atoms with Crippen LogP contribution in [0, 0.1) is 18.8 Å². The summed E-state index contributed by atoms with van der Waals surface area (Å²) in [6.07, 6.45) is 0.891. The summed E-state index contributed by atoms with van der Waals surface area (Å²) in [5, 5.41) is 11.5. The van der Waals surface area contributed by atoms with Gasteiger partial charge in [-0.15, -0.1) is 21.5 Å². The Morgan fingerprint density at radius 3 is 2.79 bits per heavy atom. The molecular weight excluding hydrogens is 384 g/mol. The molecule has 1 amide bonds. The van der Waals surface area contributed by atoms with Crippen molar-refractivity contribution in [2.75, 3.05) is 13.1 Å². The lowest BCUT2D eigenvalue weighted by Crippen LogP contribution is -2.32. The van der Waals surface area contributed by atoms with Gasteiger partial charge in [-0.2, -0.15) is 0 Å². The minimum absolute atomic E-state index is 0.152. The van der Waals surface area contributed by atoms with Crippen LogP contribution in [0.15, 0.2) is 35.8 Å².